The summed E-state index contributed by atoms with van der Waals surface area (Å²) in [5.41, 5.74) is 2.11. The first kappa shape index (κ1) is 20.3. The molecule has 6 rings (SSSR count). The van der Waals surface area contributed by atoms with Crippen molar-refractivity contribution in [1.82, 2.24) is 25.2 Å². The fraction of sp³-hybridized carbons (Fsp3) is 0.609. The standard InChI is InChI=1S/C23H31N5O3/c1-2-3-4-18-12-28(26-25-18)13-19-10-17-7-8-27(19)14-20(17)23(29)24-11-16-5-6-21-22(9-16)31-15-30-21/h5-6,9,12,17,19-20H,2-4,7-8,10-11,13-15H2,1H3,(H,24,29)/t17-,19+,20-/m0/s1. The molecule has 0 aliphatic carbocycles. The molecule has 4 aliphatic rings. The minimum absolute atomic E-state index is 0.0647. The van der Waals surface area contributed by atoms with Gasteiger partial charge in [-0.25, -0.2) is 0 Å². The Morgan fingerprint density at radius 3 is 3.03 bits per heavy atom. The number of hydrogen-bond donors (Lipinski definition) is 1. The second-order valence-corrected chi connectivity index (χ2v) is 8.98. The van der Waals surface area contributed by atoms with Crippen LogP contribution in [0.4, 0.5) is 0 Å². The van der Waals surface area contributed by atoms with Crippen molar-refractivity contribution in [2.45, 2.75) is 58.2 Å². The molecule has 166 valence electrons. The molecule has 2 bridgehead atoms. The topological polar surface area (TPSA) is 81.5 Å². The van der Waals surface area contributed by atoms with Crippen molar-refractivity contribution in [2.75, 3.05) is 19.9 Å². The monoisotopic (exact) mass is 425 g/mol. The van der Waals surface area contributed by atoms with Gasteiger partial charge < -0.3 is 14.8 Å². The molecule has 3 saturated heterocycles. The van der Waals surface area contributed by atoms with Crippen molar-refractivity contribution < 1.29 is 14.3 Å². The predicted molar refractivity (Wildman–Crippen MR) is 115 cm³/mol. The van der Waals surface area contributed by atoms with Crippen LogP contribution < -0.4 is 14.8 Å². The van der Waals surface area contributed by atoms with Gasteiger partial charge in [-0.05, 0) is 55.8 Å². The predicted octanol–water partition coefficient (Wildman–Crippen LogP) is 2.38. The van der Waals surface area contributed by atoms with Crippen LogP contribution >= 0.6 is 0 Å². The van der Waals surface area contributed by atoms with E-state index in [-0.39, 0.29) is 18.6 Å². The number of amides is 1. The fourth-order valence-corrected chi connectivity index (χ4v) is 5.11. The first-order valence-electron chi connectivity index (χ1n) is 11.5. The number of aromatic nitrogens is 3. The fourth-order valence-electron chi connectivity index (χ4n) is 5.11. The summed E-state index contributed by atoms with van der Waals surface area (Å²) in [7, 11) is 0. The van der Waals surface area contributed by atoms with Crippen LogP contribution in [0.3, 0.4) is 0 Å². The first-order valence-corrected chi connectivity index (χ1v) is 11.5. The zero-order chi connectivity index (χ0) is 21.2. The number of unbranched alkanes of at least 4 members (excludes halogenated alkanes) is 1. The summed E-state index contributed by atoms with van der Waals surface area (Å²) in [5.74, 6) is 2.19. The summed E-state index contributed by atoms with van der Waals surface area (Å²) in [6.45, 7) is 5.74. The maximum absolute atomic E-state index is 12.9. The number of carbonyl (C=O) groups is 1. The maximum atomic E-state index is 12.9. The maximum Gasteiger partial charge on any atom is 0.231 e. The van der Waals surface area contributed by atoms with Crippen molar-refractivity contribution >= 4 is 5.91 Å². The normalized spacial score (nSPS) is 26.2. The number of rotatable bonds is 8. The zero-order valence-electron chi connectivity index (χ0n) is 18.1. The Bertz CT molecular complexity index is 930. The quantitative estimate of drug-likeness (QED) is 0.699. The van der Waals surface area contributed by atoms with Crippen molar-refractivity contribution in [1.29, 1.82) is 0 Å². The van der Waals surface area contributed by atoms with E-state index in [0.29, 0.717) is 18.5 Å². The summed E-state index contributed by atoms with van der Waals surface area (Å²) in [5, 5.41) is 11.8. The number of nitrogens with one attached hydrogen (secondary N) is 1. The van der Waals surface area contributed by atoms with E-state index in [1.54, 1.807) is 0 Å². The van der Waals surface area contributed by atoms with Gasteiger partial charge in [-0.1, -0.05) is 24.6 Å². The summed E-state index contributed by atoms with van der Waals surface area (Å²) in [6.07, 6.45) is 7.56. The molecule has 8 heteroatoms. The Labute approximate surface area is 182 Å². The first-order chi connectivity index (χ1) is 15.2. The van der Waals surface area contributed by atoms with E-state index in [1.165, 1.54) is 6.42 Å². The summed E-state index contributed by atoms with van der Waals surface area (Å²) in [6, 6.07) is 6.27. The highest BCUT2D eigenvalue weighted by atomic mass is 16.7. The molecule has 3 fully saturated rings. The molecule has 1 unspecified atom stereocenters. The lowest BCUT2D eigenvalue weighted by atomic mass is 9.75. The molecule has 1 aromatic carbocycles. The van der Waals surface area contributed by atoms with Crippen LogP contribution in [0.2, 0.25) is 0 Å². The molecule has 0 radical (unpaired) electrons. The van der Waals surface area contributed by atoms with Crippen molar-refractivity contribution in [2.24, 2.45) is 11.8 Å². The molecule has 8 nitrogen and oxygen atoms in total. The van der Waals surface area contributed by atoms with Gasteiger partial charge in [0.25, 0.3) is 0 Å². The summed E-state index contributed by atoms with van der Waals surface area (Å²) in [4.78, 5) is 15.4. The van der Waals surface area contributed by atoms with Crippen molar-refractivity contribution in [3.8, 4) is 11.5 Å². The number of aryl methyl sites for hydroxylation is 1. The number of fused-ring (bicyclic) bond motifs is 4. The Morgan fingerprint density at radius 2 is 2.19 bits per heavy atom. The number of carbonyl (C=O) groups excluding carboxylic acids is 1. The largest absolute Gasteiger partial charge is 0.454 e. The van der Waals surface area contributed by atoms with E-state index in [9.17, 15) is 4.79 Å². The molecule has 2 aromatic rings. The van der Waals surface area contributed by atoms with Crippen molar-refractivity contribution in [3.63, 3.8) is 0 Å². The molecule has 4 aliphatic heterocycles. The summed E-state index contributed by atoms with van der Waals surface area (Å²) < 4.78 is 12.8. The van der Waals surface area contributed by atoms with Gasteiger partial charge in [0.15, 0.2) is 11.5 Å². The summed E-state index contributed by atoms with van der Waals surface area (Å²) >= 11 is 0. The lowest BCUT2D eigenvalue weighted by Crippen LogP contribution is -2.58. The molecule has 1 amide bonds. The van der Waals surface area contributed by atoms with Crippen LogP contribution in [0.25, 0.3) is 0 Å². The van der Waals surface area contributed by atoms with Crippen LogP contribution in [0.15, 0.2) is 24.4 Å². The smallest absolute Gasteiger partial charge is 0.231 e. The molecule has 4 atom stereocenters. The van der Waals surface area contributed by atoms with E-state index in [2.05, 4.69) is 33.6 Å². The highest BCUT2D eigenvalue weighted by molar-refractivity contribution is 5.79. The molecule has 1 aromatic heterocycles. The van der Waals surface area contributed by atoms with Crippen LogP contribution in [-0.2, 0) is 24.3 Å². The van der Waals surface area contributed by atoms with Gasteiger partial charge in [0.1, 0.15) is 0 Å². The second kappa shape index (κ2) is 8.86. The highest BCUT2D eigenvalue weighted by Crippen LogP contribution is 2.37. The van der Waals surface area contributed by atoms with Crippen molar-refractivity contribution in [3.05, 3.63) is 35.7 Å². The minimum atomic E-state index is 0.0647. The van der Waals surface area contributed by atoms with Crippen LogP contribution in [0.1, 0.15) is 43.9 Å². The third-order valence-corrected chi connectivity index (χ3v) is 6.89. The molecular formula is C23H31N5O3. The van der Waals surface area contributed by atoms with E-state index < -0.39 is 0 Å². The van der Waals surface area contributed by atoms with E-state index in [4.69, 9.17) is 9.47 Å². The van der Waals surface area contributed by atoms with E-state index in [1.807, 2.05) is 22.9 Å². The average molecular weight is 426 g/mol. The third-order valence-electron chi connectivity index (χ3n) is 6.89. The average Bonchev–Trinajstić information content (AvgIpc) is 3.45. The Kier molecular flexibility index (Phi) is 5.80. The Hall–Kier alpha value is -2.61. The van der Waals surface area contributed by atoms with Gasteiger partial charge >= 0.3 is 0 Å². The lowest BCUT2D eigenvalue weighted by Gasteiger charge is -2.49. The third kappa shape index (κ3) is 4.39. The molecular weight excluding hydrogens is 394 g/mol. The van der Waals surface area contributed by atoms with E-state index in [0.717, 1.165) is 68.1 Å². The number of ether oxygens (including phenoxy) is 2. The van der Waals surface area contributed by atoms with Gasteiger partial charge in [-0.2, -0.15) is 0 Å². The molecule has 0 spiro atoms. The van der Waals surface area contributed by atoms with Gasteiger partial charge in [-0.3, -0.25) is 14.4 Å². The number of hydrogen-bond acceptors (Lipinski definition) is 6. The van der Waals surface area contributed by atoms with Crippen LogP contribution in [0.5, 0.6) is 11.5 Å². The number of nitrogens with zero attached hydrogens (tertiary/aromatic N) is 4. The lowest BCUT2D eigenvalue weighted by molar-refractivity contribution is -0.133. The van der Waals surface area contributed by atoms with Crippen LogP contribution in [0, 0.1) is 11.8 Å². The minimum Gasteiger partial charge on any atom is -0.454 e. The Balaban J connectivity index is 1.14. The van der Waals surface area contributed by atoms with E-state index >= 15 is 0 Å². The number of piperidine rings is 3. The van der Waals surface area contributed by atoms with Gasteiger partial charge in [-0.15, -0.1) is 5.10 Å². The second-order valence-electron chi connectivity index (χ2n) is 8.98. The zero-order valence-corrected chi connectivity index (χ0v) is 18.1. The number of benzene rings is 1. The molecule has 0 saturated carbocycles. The van der Waals surface area contributed by atoms with Gasteiger partial charge in [0.2, 0.25) is 12.7 Å². The van der Waals surface area contributed by atoms with Crippen LogP contribution in [-0.4, -0.2) is 51.7 Å². The van der Waals surface area contributed by atoms with Gasteiger partial charge in [0.05, 0.1) is 18.2 Å². The highest BCUT2D eigenvalue weighted by Gasteiger charge is 2.43. The van der Waals surface area contributed by atoms with Gasteiger partial charge in [0, 0.05) is 25.3 Å². The molecule has 5 heterocycles. The Morgan fingerprint density at radius 1 is 1.29 bits per heavy atom. The molecule has 31 heavy (non-hydrogen) atoms. The molecule has 1 N–H and O–H groups in total. The SMILES string of the molecule is CCCCc1cn(C[C@H]2C[C@@H]3CCN2C[C@@H]3C(=O)NCc2ccc3c(c2)OCO3)nn1.